The average molecular weight is 249 g/mol. The van der Waals surface area contributed by atoms with Crippen LogP contribution in [-0.2, 0) is 6.61 Å². The zero-order valence-electron chi connectivity index (χ0n) is 9.21. The molecule has 17 heavy (non-hydrogen) atoms. The number of para-hydroxylation sites is 1. The van der Waals surface area contributed by atoms with Gasteiger partial charge in [-0.2, -0.15) is 0 Å². The van der Waals surface area contributed by atoms with Crippen molar-refractivity contribution in [1.82, 2.24) is 4.98 Å². The first kappa shape index (κ1) is 11.6. The molecule has 0 saturated heterocycles. The van der Waals surface area contributed by atoms with Gasteiger partial charge in [0.25, 0.3) is 0 Å². The number of benzene rings is 1. The predicted octanol–water partition coefficient (Wildman–Crippen LogP) is 2.73. The highest BCUT2D eigenvalue weighted by atomic mass is 32.1. The third-order valence-corrected chi connectivity index (χ3v) is 3.04. The Hall–Kier alpha value is -1.88. The summed E-state index contributed by atoms with van der Waals surface area (Å²) >= 11 is 1.54. The largest absolute Gasteiger partial charge is 0.487 e. The number of aryl methyl sites for hydroxylation is 1. The molecule has 1 N–H and O–H groups in total. The number of nitrogens with zero attached hydrogens (tertiary/aromatic N) is 1. The van der Waals surface area contributed by atoms with E-state index >= 15 is 0 Å². The van der Waals surface area contributed by atoms with Crippen molar-refractivity contribution in [2.24, 2.45) is 0 Å². The SMILES string of the molecule is Cc1ncc(COc2ccccc2C(=O)O)s1. The predicted molar refractivity (Wildman–Crippen MR) is 64.6 cm³/mol. The number of ether oxygens (including phenoxy) is 1. The first-order chi connectivity index (χ1) is 8.16. The molecule has 2 rings (SSSR count). The number of hydrogen-bond acceptors (Lipinski definition) is 4. The molecule has 5 heteroatoms. The lowest BCUT2D eigenvalue weighted by Crippen LogP contribution is -2.02. The lowest BCUT2D eigenvalue weighted by Gasteiger charge is -2.07. The van der Waals surface area contributed by atoms with E-state index < -0.39 is 5.97 Å². The maximum atomic E-state index is 10.9. The number of carbonyl (C=O) groups is 1. The van der Waals surface area contributed by atoms with Gasteiger partial charge in [-0.1, -0.05) is 12.1 Å². The average Bonchev–Trinajstić information content (AvgIpc) is 2.73. The monoisotopic (exact) mass is 249 g/mol. The van der Waals surface area contributed by atoms with Gasteiger partial charge in [0, 0.05) is 6.20 Å². The Morgan fingerprint density at radius 1 is 1.47 bits per heavy atom. The first-order valence-corrected chi connectivity index (χ1v) is 5.85. The van der Waals surface area contributed by atoms with Crippen LogP contribution in [0.4, 0.5) is 0 Å². The lowest BCUT2D eigenvalue weighted by atomic mass is 10.2. The topological polar surface area (TPSA) is 59.4 Å². The summed E-state index contributed by atoms with van der Waals surface area (Å²) in [5.74, 6) is -0.605. The molecule has 1 aromatic heterocycles. The molecule has 0 amide bonds. The van der Waals surface area contributed by atoms with Crippen molar-refractivity contribution >= 4 is 17.3 Å². The molecule has 0 aliphatic carbocycles. The van der Waals surface area contributed by atoms with Gasteiger partial charge in [-0.25, -0.2) is 9.78 Å². The minimum atomic E-state index is -0.985. The number of hydrogen-bond donors (Lipinski definition) is 1. The Balaban J connectivity index is 2.11. The minimum absolute atomic E-state index is 0.175. The number of rotatable bonds is 4. The van der Waals surface area contributed by atoms with Crippen molar-refractivity contribution in [3.63, 3.8) is 0 Å². The van der Waals surface area contributed by atoms with Crippen LogP contribution in [-0.4, -0.2) is 16.1 Å². The second-order valence-corrected chi connectivity index (χ2v) is 4.75. The molecule has 1 heterocycles. The molecule has 88 valence electrons. The van der Waals surface area contributed by atoms with Crippen LogP contribution in [0.5, 0.6) is 5.75 Å². The summed E-state index contributed by atoms with van der Waals surface area (Å²) in [7, 11) is 0. The Kier molecular flexibility index (Phi) is 3.39. The van der Waals surface area contributed by atoms with Crippen molar-refractivity contribution in [3.05, 3.63) is 45.9 Å². The van der Waals surface area contributed by atoms with E-state index in [2.05, 4.69) is 4.98 Å². The smallest absolute Gasteiger partial charge is 0.339 e. The Labute approximate surface area is 103 Å². The highest BCUT2D eigenvalue weighted by molar-refractivity contribution is 7.11. The molecule has 0 radical (unpaired) electrons. The van der Waals surface area contributed by atoms with Gasteiger partial charge in [0.2, 0.25) is 0 Å². The molecule has 2 aromatic rings. The van der Waals surface area contributed by atoms with Crippen LogP contribution < -0.4 is 4.74 Å². The summed E-state index contributed by atoms with van der Waals surface area (Å²) < 4.78 is 5.49. The van der Waals surface area contributed by atoms with Gasteiger partial charge in [-0.15, -0.1) is 11.3 Å². The number of carboxylic acid groups (broad SMARTS) is 1. The fourth-order valence-electron chi connectivity index (χ4n) is 1.39. The van der Waals surface area contributed by atoms with E-state index in [1.807, 2.05) is 6.92 Å². The Morgan fingerprint density at radius 3 is 2.88 bits per heavy atom. The third kappa shape index (κ3) is 2.82. The van der Waals surface area contributed by atoms with Gasteiger partial charge in [0.05, 0.1) is 9.88 Å². The molecular weight excluding hydrogens is 238 g/mol. The van der Waals surface area contributed by atoms with Crippen LogP contribution in [0, 0.1) is 6.92 Å². The van der Waals surface area contributed by atoms with E-state index in [0.29, 0.717) is 12.4 Å². The van der Waals surface area contributed by atoms with Crippen molar-refractivity contribution < 1.29 is 14.6 Å². The van der Waals surface area contributed by atoms with Crippen molar-refractivity contribution in [2.75, 3.05) is 0 Å². The highest BCUT2D eigenvalue weighted by Crippen LogP contribution is 2.20. The van der Waals surface area contributed by atoms with Crippen molar-refractivity contribution in [1.29, 1.82) is 0 Å². The van der Waals surface area contributed by atoms with Crippen LogP contribution in [0.15, 0.2) is 30.5 Å². The van der Waals surface area contributed by atoms with Gasteiger partial charge >= 0.3 is 5.97 Å². The van der Waals surface area contributed by atoms with Crippen LogP contribution in [0.3, 0.4) is 0 Å². The van der Waals surface area contributed by atoms with Gasteiger partial charge < -0.3 is 9.84 Å². The summed E-state index contributed by atoms with van der Waals surface area (Å²) in [6.07, 6.45) is 1.74. The second kappa shape index (κ2) is 4.97. The molecule has 1 aromatic carbocycles. The Bertz CT molecular complexity index is 536. The van der Waals surface area contributed by atoms with Gasteiger partial charge in [-0.3, -0.25) is 0 Å². The first-order valence-electron chi connectivity index (χ1n) is 5.03. The van der Waals surface area contributed by atoms with E-state index in [4.69, 9.17) is 9.84 Å². The summed E-state index contributed by atoms with van der Waals surface area (Å²) in [5, 5.41) is 9.94. The zero-order valence-corrected chi connectivity index (χ0v) is 10.0. The number of carboxylic acids is 1. The molecule has 0 aliphatic heterocycles. The fourth-order valence-corrected chi connectivity index (χ4v) is 2.10. The van der Waals surface area contributed by atoms with Crippen LogP contribution in [0.25, 0.3) is 0 Å². The maximum absolute atomic E-state index is 10.9. The molecule has 0 atom stereocenters. The van der Waals surface area contributed by atoms with E-state index in [1.165, 1.54) is 17.4 Å². The standard InChI is InChI=1S/C12H11NO3S/c1-8-13-6-9(17-8)7-16-11-5-3-2-4-10(11)12(14)15/h2-6H,7H2,1H3,(H,14,15). The van der Waals surface area contributed by atoms with Crippen molar-refractivity contribution in [3.8, 4) is 5.75 Å². The van der Waals surface area contributed by atoms with Crippen LogP contribution in [0.2, 0.25) is 0 Å². The number of aromatic nitrogens is 1. The normalized spacial score (nSPS) is 10.2. The molecule has 4 nitrogen and oxygen atoms in total. The summed E-state index contributed by atoms with van der Waals surface area (Å²) in [6.45, 7) is 2.26. The maximum Gasteiger partial charge on any atom is 0.339 e. The number of aromatic carboxylic acids is 1. The molecule has 0 unspecified atom stereocenters. The van der Waals surface area contributed by atoms with Crippen molar-refractivity contribution in [2.45, 2.75) is 13.5 Å². The van der Waals surface area contributed by atoms with E-state index in [0.717, 1.165) is 9.88 Å². The summed E-state index contributed by atoms with van der Waals surface area (Å²) in [6, 6.07) is 6.60. The molecule has 0 spiro atoms. The van der Waals surface area contributed by atoms with Crippen LogP contribution in [0.1, 0.15) is 20.2 Å². The summed E-state index contributed by atoms with van der Waals surface area (Å²) in [5.41, 5.74) is 0.175. The number of thiazole rings is 1. The van der Waals surface area contributed by atoms with E-state index in [9.17, 15) is 4.79 Å². The highest BCUT2D eigenvalue weighted by Gasteiger charge is 2.10. The molecule has 0 saturated carbocycles. The Morgan fingerprint density at radius 2 is 2.24 bits per heavy atom. The fraction of sp³-hybridized carbons (Fsp3) is 0.167. The molecular formula is C12H11NO3S. The molecule has 0 fully saturated rings. The summed E-state index contributed by atoms with van der Waals surface area (Å²) in [4.78, 5) is 16.0. The second-order valence-electron chi connectivity index (χ2n) is 3.44. The van der Waals surface area contributed by atoms with Gasteiger partial charge in [0.15, 0.2) is 0 Å². The lowest BCUT2D eigenvalue weighted by molar-refractivity contribution is 0.0692. The molecule has 0 aliphatic rings. The van der Waals surface area contributed by atoms with Gasteiger partial charge in [0.1, 0.15) is 17.9 Å². The molecule has 0 bridgehead atoms. The third-order valence-electron chi connectivity index (χ3n) is 2.16. The van der Waals surface area contributed by atoms with Gasteiger partial charge in [-0.05, 0) is 19.1 Å². The van der Waals surface area contributed by atoms with E-state index in [-0.39, 0.29) is 5.56 Å². The minimum Gasteiger partial charge on any atom is -0.487 e. The van der Waals surface area contributed by atoms with Crippen LogP contribution >= 0.6 is 11.3 Å². The van der Waals surface area contributed by atoms with E-state index in [1.54, 1.807) is 24.4 Å². The zero-order chi connectivity index (χ0) is 12.3. The quantitative estimate of drug-likeness (QED) is 0.905.